The van der Waals surface area contributed by atoms with Gasteiger partial charge in [-0.3, -0.25) is 4.79 Å². The molecule has 118 valence electrons. The number of rotatable bonds is 5. The number of benzene rings is 1. The lowest BCUT2D eigenvalue weighted by atomic mass is 10.1. The summed E-state index contributed by atoms with van der Waals surface area (Å²) >= 11 is 1.57. The maximum Gasteiger partial charge on any atom is 0.263 e. The van der Waals surface area contributed by atoms with Crippen LogP contribution in [-0.2, 0) is 0 Å². The normalized spacial score (nSPS) is 14.6. The van der Waals surface area contributed by atoms with Crippen LogP contribution < -0.4 is 15.0 Å². The van der Waals surface area contributed by atoms with Gasteiger partial charge in [0.05, 0.1) is 12.8 Å². The number of ether oxygens (including phenoxy) is 1. The van der Waals surface area contributed by atoms with Crippen molar-refractivity contribution in [3.05, 3.63) is 23.1 Å². The molecule has 1 aromatic heterocycles. The first-order valence-electron chi connectivity index (χ1n) is 7.88. The first-order valence-corrected chi connectivity index (χ1v) is 8.70. The van der Waals surface area contributed by atoms with Gasteiger partial charge in [0.2, 0.25) is 0 Å². The smallest absolute Gasteiger partial charge is 0.263 e. The first-order chi connectivity index (χ1) is 10.7. The zero-order valence-corrected chi connectivity index (χ0v) is 14.0. The van der Waals surface area contributed by atoms with Crippen molar-refractivity contribution < 1.29 is 9.53 Å². The number of amides is 1. The molecule has 0 saturated heterocycles. The van der Waals surface area contributed by atoms with Crippen LogP contribution in [0.4, 0.5) is 5.69 Å². The number of methoxy groups -OCH3 is 1. The molecule has 0 aliphatic carbocycles. The van der Waals surface area contributed by atoms with Crippen molar-refractivity contribution in [2.24, 2.45) is 0 Å². The van der Waals surface area contributed by atoms with Gasteiger partial charge in [-0.2, -0.15) is 0 Å². The number of thiophene rings is 1. The Bertz CT molecular complexity index is 681. The zero-order chi connectivity index (χ0) is 15.5. The Labute approximate surface area is 135 Å². The quantitative estimate of drug-likeness (QED) is 0.856. The fraction of sp³-hybridized carbons (Fsp3) is 0.471. The van der Waals surface area contributed by atoms with E-state index in [9.17, 15) is 4.79 Å². The summed E-state index contributed by atoms with van der Waals surface area (Å²) < 4.78 is 6.50. The SMILES string of the molecule is CCCCCN1CCNC(=O)c2sc3ccc(OC)cc3c21. The van der Waals surface area contributed by atoms with E-state index in [-0.39, 0.29) is 5.91 Å². The minimum atomic E-state index is 0.0492. The van der Waals surface area contributed by atoms with E-state index in [1.807, 2.05) is 12.1 Å². The summed E-state index contributed by atoms with van der Waals surface area (Å²) in [7, 11) is 1.68. The molecule has 0 unspecified atom stereocenters. The van der Waals surface area contributed by atoms with Crippen molar-refractivity contribution in [1.29, 1.82) is 0 Å². The van der Waals surface area contributed by atoms with Crippen molar-refractivity contribution >= 4 is 33.0 Å². The van der Waals surface area contributed by atoms with Gasteiger partial charge < -0.3 is 15.0 Å². The summed E-state index contributed by atoms with van der Waals surface area (Å²) in [4.78, 5) is 15.5. The monoisotopic (exact) mass is 318 g/mol. The molecule has 1 aliphatic heterocycles. The standard InChI is InChI=1S/C17H22N2O2S/c1-3-4-5-9-19-10-8-18-17(20)16-15(19)13-11-12(21-2)6-7-14(13)22-16/h6-7,11H,3-5,8-10H2,1-2H3,(H,18,20). The van der Waals surface area contributed by atoms with E-state index in [2.05, 4.69) is 23.2 Å². The molecule has 0 bridgehead atoms. The van der Waals surface area contributed by atoms with Crippen LogP contribution in [0.25, 0.3) is 10.1 Å². The molecule has 22 heavy (non-hydrogen) atoms. The van der Waals surface area contributed by atoms with E-state index < -0.39 is 0 Å². The Morgan fingerprint density at radius 2 is 2.23 bits per heavy atom. The fourth-order valence-electron chi connectivity index (χ4n) is 2.93. The lowest BCUT2D eigenvalue weighted by molar-refractivity contribution is 0.0962. The van der Waals surface area contributed by atoms with Crippen LogP contribution in [0.15, 0.2) is 18.2 Å². The predicted molar refractivity (Wildman–Crippen MR) is 92.4 cm³/mol. The molecular formula is C17H22N2O2S. The highest BCUT2D eigenvalue weighted by atomic mass is 32.1. The van der Waals surface area contributed by atoms with Gasteiger partial charge in [0.25, 0.3) is 5.91 Å². The molecule has 5 heteroatoms. The molecule has 2 heterocycles. The Balaban J connectivity index is 2.06. The largest absolute Gasteiger partial charge is 0.497 e. The number of unbranched alkanes of at least 4 members (excludes halogenated alkanes) is 2. The summed E-state index contributed by atoms with van der Waals surface area (Å²) in [6.45, 7) is 4.78. The second kappa shape index (κ2) is 6.57. The summed E-state index contributed by atoms with van der Waals surface area (Å²) in [6.07, 6.45) is 3.58. The van der Waals surface area contributed by atoms with Crippen LogP contribution in [0.3, 0.4) is 0 Å². The van der Waals surface area contributed by atoms with Crippen molar-refractivity contribution in [3.63, 3.8) is 0 Å². The topological polar surface area (TPSA) is 41.6 Å². The van der Waals surface area contributed by atoms with Gasteiger partial charge >= 0.3 is 0 Å². The fourth-order valence-corrected chi connectivity index (χ4v) is 4.05. The van der Waals surface area contributed by atoms with Crippen LogP contribution in [0, 0.1) is 0 Å². The average Bonchev–Trinajstić information content (AvgIpc) is 2.84. The molecule has 0 fully saturated rings. The highest BCUT2D eigenvalue weighted by molar-refractivity contribution is 7.21. The molecule has 2 aromatic rings. The summed E-state index contributed by atoms with van der Waals surface area (Å²) in [5, 5.41) is 4.14. The summed E-state index contributed by atoms with van der Waals surface area (Å²) in [5.41, 5.74) is 1.09. The van der Waals surface area contributed by atoms with Crippen LogP contribution in [0.5, 0.6) is 5.75 Å². The second-order valence-corrected chi connectivity index (χ2v) is 6.64. The van der Waals surface area contributed by atoms with E-state index in [1.54, 1.807) is 18.4 Å². The number of nitrogens with zero attached hydrogens (tertiary/aromatic N) is 1. The minimum Gasteiger partial charge on any atom is -0.497 e. The van der Waals surface area contributed by atoms with Crippen molar-refractivity contribution in [3.8, 4) is 5.75 Å². The average molecular weight is 318 g/mol. The molecule has 4 nitrogen and oxygen atoms in total. The Hall–Kier alpha value is -1.75. The minimum absolute atomic E-state index is 0.0492. The molecule has 1 aromatic carbocycles. The number of hydrogen-bond acceptors (Lipinski definition) is 4. The van der Waals surface area contributed by atoms with E-state index in [4.69, 9.17) is 4.74 Å². The predicted octanol–water partition coefficient (Wildman–Crippen LogP) is 3.65. The maximum atomic E-state index is 12.3. The summed E-state index contributed by atoms with van der Waals surface area (Å²) in [6, 6.07) is 6.05. The van der Waals surface area contributed by atoms with Gasteiger partial charge in [-0.1, -0.05) is 19.8 Å². The third-order valence-corrected chi connectivity index (χ3v) is 5.25. The van der Waals surface area contributed by atoms with E-state index in [1.165, 1.54) is 12.8 Å². The van der Waals surface area contributed by atoms with Gasteiger partial charge in [-0.15, -0.1) is 11.3 Å². The molecule has 1 amide bonds. The second-order valence-electron chi connectivity index (χ2n) is 5.59. The molecule has 3 rings (SSSR count). The Morgan fingerprint density at radius 1 is 1.36 bits per heavy atom. The van der Waals surface area contributed by atoms with Gasteiger partial charge in [-0.25, -0.2) is 0 Å². The maximum absolute atomic E-state index is 12.3. The van der Waals surface area contributed by atoms with Crippen LogP contribution >= 0.6 is 11.3 Å². The molecule has 0 saturated carbocycles. The van der Waals surface area contributed by atoms with Crippen molar-refractivity contribution in [1.82, 2.24) is 5.32 Å². The van der Waals surface area contributed by atoms with Gasteiger partial charge in [0.15, 0.2) is 0 Å². The van der Waals surface area contributed by atoms with Gasteiger partial charge in [-0.05, 0) is 24.6 Å². The number of anilines is 1. The number of fused-ring (bicyclic) bond motifs is 3. The highest BCUT2D eigenvalue weighted by Crippen LogP contribution is 2.40. The van der Waals surface area contributed by atoms with Gasteiger partial charge in [0.1, 0.15) is 10.6 Å². The van der Waals surface area contributed by atoms with E-state index in [0.29, 0.717) is 6.54 Å². The molecule has 0 radical (unpaired) electrons. The summed E-state index contributed by atoms with van der Waals surface area (Å²) in [5.74, 6) is 0.888. The number of carbonyl (C=O) groups excluding carboxylic acids is 1. The van der Waals surface area contributed by atoms with Crippen LogP contribution in [0.2, 0.25) is 0 Å². The number of carbonyl (C=O) groups is 1. The molecule has 0 atom stereocenters. The molecular weight excluding hydrogens is 296 g/mol. The third-order valence-electron chi connectivity index (χ3n) is 4.09. The van der Waals surface area contributed by atoms with Crippen LogP contribution in [-0.4, -0.2) is 32.7 Å². The molecule has 1 aliphatic rings. The lowest BCUT2D eigenvalue weighted by Crippen LogP contribution is -2.30. The van der Waals surface area contributed by atoms with Crippen LogP contribution in [0.1, 0.15) is 35.9 Å². The Kier molecular flexibility index (Phi) is 4.52. The van der Waals surface area contributed by atoms with E-state index >= 15 is 0 Å². The molecule has 1 N–H and O–H groups in total. The van der Waals surface area contributed by atoms with E-state index in [0.717, 1.165) is 45.9 Å². The number of nitrogens with one attached hydrogen (secondary N) is 1. The molecule has 0 spiro atoms. The zero-order valence-electron chi connectivity index (χ0n) is 13.1. The highest BCUT2D eigenvalue weighted by Gasteiger charge is 2.25. The van der Waals surface area contributed by atoms with Crippen molar-refractivity contribution in [2.75, 3.05) is 31.6 Å². The third kappa shape index (κ3) is 2.77. The van der Waals surface area contributed by atoms with Gasteiger partial charge in [0, 0.05) is 29.7 Å². The lowest BCUT2D eigenvalue weighted by Gasteiger charge is -2.23. The first kappa shape index (κ1) is 15.2. The Morgan fingerprint density at radius 3 is 3.00 bits per heavy atom. The number of hydrogen-bond donors (Lipinski definition) is 1. The van der Waals surface area contributed by atoms with Crippen molar-refractivity contribution in [2.45, 2.75) is 26.2 Å².